The first kappa shape index (κ1) is 10.6. The highest BCUT2D eigenvalue weighted by Crippen LogP contribution is 2.23. The monoisotopic (exact) mass is 230 g/mol. The van der Waals surface area contributed by atoms with Gasteiger partial charge in [0, 0.05) is 17.6 Å². The minimum absolute atomic E-state index is 0.214. The average molecular weight is 230 g/mol. The summed E-state index contributed by atoms with van der Waals surface area (Å²) in [5.41, 5.74) is 0.622. The lowest BCUT2D eigenvalue weighted by atomic mass is 10.0. The highest BCUT2D eigenvalue weighted by molar-refractivity contribution is 7.91. The Morgan fingerprint density at radius 3 is 3.00 bits per heavy atom. The predicted molar refractivity (Wildman–Crippen MR) is 55.0 cm³/mol. The minimum Gasteiger partial charge on any atom is -0.364 e. The summed E-state index contributed by atoms with van der Waals surface area (Å²) in [7, 11) is -2.85. The molecule has 1 atom stereocenters. The second-order valence-electron chi connectivity index (χ2n) is 4.29. The van der Waals surface area contributed by atoms with Gasteiger partial charge in [-0.05, 0) is 13.3 Å². The molecular weight excluding hydrogens is 216 g/mol. The smallest absolute Gasteiger partial charge is 0.152 e. The fourth-order valence-electron chi connectivity index (χ4n) is 1.78. The maximum atomic E-state index is 11.3. The molecule has 1 fully saturated rings. The lowest BCUT2D eigenvalue weighted by molar-refractivity contribution is 0.392. The Hall–Kier alpha value is -0.880. The van der Waals surface area contributed by atoms with E-state index in [2.05, 4.69) is 10.5 Å². The van der Waals surface area contributed by atoms with Crippen molar-refractivity contribution in [3.8, 4) is 0 Å². The Morgan fingerprint density at radius 1 is 1.67 bits per heavy atom. The van der Waals surface area contributed by atoms with Crippen LogP contribution in [0.4, 0.5) is 0 Å². The van der Waals surface area contributed by atoms with Gasteiger partial charge >= 0.3 is 0 Å². The largest absolute Gasteiger partial charge is 0.364 e. The van der Waals surface area contributed by atoms with E-state index < -0.39 is 9.84 Å². The van der Waals surface area contributed by atoms with Crippen LogP contribution in [0.5, 0.6) is 0 Å². The molecule has 0 radical (unpaired) electrons. The molecule has 0 spiro atoms. The highest BCUT2D eigenvalue weighted by atomic mass is 32.2. The maximum Gasteiger partial charge on any atom is 0.152 e. The topological polar surface area (TPSA) is 72.2 Å². The van der Waals surface area contributed by atoms with Gasteiger partial charge in [0.05, 0.1) is 17.7 Å². The van der Waals surface area contributed by atoms with Gasteiger partial charge in [0.15, 0.2) is 9.84 Å². The standard InChI is InChI=1S/C9H14N2O3S/c1-9(2-3-15(12,13)7-9)10-4-8-5-11-14-6-8/h5-6,10H,2-4,7H2,1H3. The number of hydrogen-bond donors (Lipinski definition) is 1. The molecule has 0 aromatic carbocycles. The van der Waals surface area contributed by atoms with Gasteiger partial charge in [-0.1, -0.05) is 5.16 Å². The molecular formula is C9H14N2O3S. The molecule has 0 saturated carbocycles. The summed E-state index contributed by atoms with van der Waals surface area (Å²) < 4.78 is 27.4. The summed E-state index contributed by atoms with van der Waals surface area (Å²) in [6.07, 6.45) is 3.85. The van der Waals surface area contributed by atoms with Gasteiger partial charge in [0.25, 0.3) is 0 Å². The van der Waals surface area contributed by atoms with Crippen LogP contribution < -0.4 is 5.32 Å². The maximum absolute atomic E-state index is 11.3. The van der Waals surface area contributed by atoms with Crippen molar-refractivity contribution in [2.75, 3.05) is 11.5 Å². The quantitative estimate of drug-likeness (QED) is 0.810. The second-order valence-corrected chi connectivity index (χ2v) is 6.47. The van der Waals surface area contributed by atoms with E-state index in [1.807, 2.05) is 6.92 Å². The van der Waals surface area contributed by atoms with E-state index in [0.717, 1.165) is 5.56 Å². The van der Waals surface area contributed by atoms with Crippen molar-refractivity contribution in [3.05, 3.63) is 18.0 Å². The van der Waals surface area contributed by atoms with Gasteiger partial charge in [0.1, 0.15) is 6.26 Å². The highest BCUT2D eigenvalue weighted by Gasteiger charge is 2.37. The first-order valence-electron chi connectivity index (χ1n) is 4.83. The molecule has 15 heavy (non-hydrogen) atoms. The Morgan fingerprint density at radius 2 is 2.47 bits per heavy atom. The molecule has 1 aromatic rings. The predicted octanol–water partition coefficient (Wildman–Crippen LogP) is 0.341. The average Bonchev–Trinajstić information content (AvgIpc) is 2.71. The molecule has 1 aromatic heterocycles. The first-order valence-corrected chi connectivity index (χ1v) is 6.65. The van der Waals surface area contributed by atoms with Crippen LogP contribution in [-0.4, -0.2) is 30.6 Å². The van der Waals surface area contributed by atoms with Crippen LogP contribution in [0.2, 0.25) is 0 Å². The van der Waals surface area contributed by atoms with Gasteiger partial charge < -0.3 is 9.84 Å². The normalized spacial score (nSPS) is 29.4. The lowest BCUT2D eigenvalue weighted by Gasteiger charge is -2.23. The van der Waals surface area contributed by atoms with E-state index >= 15 is 0 Å². The fraction of sp³-hybridized carbons (Fsp3) is 0.667. The number of rotatable bonds is 3. The van der Waals surface area contributed by atoms with Gasteiger partial charge in [-0.3, -0.25) is 0 Å². The molecule has 84 valence electrons. The van der Waals surface area contributed by atoms with Crippen molar-refractivity contribution >= 4 is 9.84 Å². The van der Waals surface area contributed by atoms with E-state index in [0.29, 0.717) is 13.0 Å². The van der Waals surface area contributed by atoms with Gasteiger partial charge in [-0.25, -0.2) is 8.42 Å². The van der Waals surface area contributed by atoms with E-state index in [4.69, 9.17) is 4.52 Å². The third-order valence-corrected chi connectivity index (χ3v) is 4.61. The second kappa shape index (κ2) is 3.61. The molecule has 0 amide bonds. The Balaban J connectivity index is 1.95. The number of nitrogens with zero attached hydrogens (tertiary/aromatic N) is 1. The van der Waals surface area contributed by atoms with Gasteiger partial charge in [0.2, 0.25) is 0 Å². The third kappa shape index (κ3) is 2.57. The molecule has 0 bridgehead atoms. The summed E-state index contributed by atoms with van der Waals surface area (Å²) in [5, 5.41) is 6.82. The van der Waals surface area contributed by atoms with Gasteiger partial charge in [-0.2, -0.15) is 0 Å². The van der Waals surface area contributed by atoms with E-state index in [9.17, 15) is 8.42 Å². The van der Waals surface area contributed by atoms with Crippen molar-refractivity contribution in [2.45, 2.75) is 25.4 Å². The number of sulfone groups is 1. The number of aromatic nitrogens is 1. The molecule has 1 saturated heterocycles. The summed E-state index contributed by atoms with van der Waals surface area (Å²) in [6, 6.07) is 0. The molecule has 1 N–H and O–H groups in total. The SMILES string of the molecule is CC1(NCc2cnoc2)CCS(=O)(=O)C1. The summed E-state index contributed by atoms with van der Waals surface area (Å²) in [5.74, 6) is 0.491. The van der Waals surface area contributed by atoms with Crippen molar-refractivity contribution in [3.63, 3.8) is 0 Å². The summed E-state index contributed by atoms with van der Waals surface area (Å²) in [4.78, 5) is 0. The molecule has 5 nitrogen and oxygen atoms in total. The Kier molecular flexibility index (Phi) is 2.56. The van der Waals surface area contributed by atoms with Gasteiger partial charge in [-0.15, -0.1) is 0 Å². The van der Waals surface area contributed by atoms with Crippen LogP contribution in [0.15, 0.2) is 17.0 Å². The van der Waals surface area contributed by atoms with Crippen LogP contribution in [0.3, 0.4) is 0 Å². The zero-order valence-electron chi connectivity index (χ0n) is 8.56. The molecule has 6 heteroatoms. The van der Waals surface area contributed by atoms with Crippen molar-refractivity contribution in [1.82, 2.24) is 10.5 Å². The number of nitrogens with one attached hydrogen (secondary N) is 1. The van der Waals surface area contributed by atoms with E-state index in [1.165, 1.54) is 0 Å². The molecule has 2 heterocycles. The third-order valence-electron chi connectivity index (χ3n) is 2.71. The summed E-state index contributed by atoms with van der Waals surface area (Å²) >= 11 is 0. The van der Waals surface area contributed by atoms with Crippen LogP contribution in [-0.2, 0) is 16.4 Å². The van der Waals surface area contributed by atoms with E-state index in [1.54, 1.807) is 12.5 Å². The summed E-state index contributed by atoms with van der Waals surface area (Å²) in [6.45, 7) is 2.53. The van der Waals surface area contributed by atoms with Crippen LogP contribution in [0.25, 0.3) is 0 Å². The molecule has 1 aliphatic rings. The number of hydrogen-bond acceptors (Lipinski definition) is 5. The first-order chi connectivity index (χ1) is 6.99. The Bertz CT molecular complexity index is 426. The zero-order valence-corrected chi connectivity index (χ0v) is 9.38. The molecule has 2 rings (SSSR count). The Labute approximate surface area is 88.8 Å². The van der Waals surface area contributed by atoms with Crippen molar-refractivity contribution in [2.24, 2.45) is 0 Å². The van der Waals surface area contributed by atoms with Crippen molar-refractivity contribution in [1.29, 1.82) is 0 Å². The van der Waals surface area contributed by atoms with Crippen LogP contribution in [0.1, 0.15) is 18.9 Å². The van der Waals surface area contributed by atoms with Crippen LogP contribution in [0, 0.1) is 0 Å². The molecule has 1 aliphatic heterocycles. The van der Waals surface area contributed by atoms with E-state index in [-0.39, 0.29) is 17.0 Å². The fourth-order valence-corrected chi connectivity index (χ4v) is 3.90. The minimum atomic E-state index is -2.85. The molecule has 0 aliphatic carbocycles. The lowest BCUT2D eigenvalue weighted by Crippen LogP contribution is -2.42. The molecule has 1 unspecified atom stereocenters. The van der Waals surface area contributed by atoms with Crippen molar-refractivity contribution < 1.29 is 12.9 Å². The van der Waals surface area contributed by atoms with Crippen LogP contribution >= 0.6 is 0 Å². The zero-order chi connectivity index (χ0) is 10.9.